The summed E-state index contributed by atoms with van der Waals surface area (Å²) in [6, 6.07) is 15.6. The third kappa shape index (κ3) is 6.14. The highest BCUT2D eigenvalue weighted by Gasteiger charge is 2.26. The Kier molecular flexibility index (Phi) is 10.0. The van der Waals surface area contributed by atoms with E-state index in [9.17, 15) is 4.79 Å². The zero-order valence-corrected chi connectivity index (χ0v) is 25.8. The zero-order valence-electron chi connectivity index (χ0n) is 21.8. The first-order valence-electron chi connectivity index (χ1n) is 12.2. The van der Waals surface area contributed by atoms with Gasteiger partial charge in [-0.1, -0.05) is 49.7 Å². The minimum atomic E-state index is -0.0922. The van der Waals surface area contributed by atoms with Gasteiger partial charge in [-0.25, -0.2) is 0 Å². The minimum Gasteiger partial charge on any atom is -0.490 e. The summed E-state index contributed by atoms with van der Waals surface area (Å²) >= 11 is 7.26. The van der Waals surface area contributed by atoms with Crippen molar-refractivity contribution in [1.29, 1.82) is 0 Å². The third-order valence-corrected chi connectivity index (χ3v) is 7.71. The fourth-order valence-electron chi connectivity index (χ4n) is 4.77. The standard InChI is InChI=1S/C30H31Br2NO3.ClH/c1-6-33(7-2)12-13-35-29-23(31)16-21(17-24(29)32)28(34)27-22-10-8-9-11-25(22)36-30(27)26-19(4)14-18(3)15-20(26)5;/h8-11,14-17H,6-7,12-13H2,1-5H3;1H. The maximum Gasteiger partial charge on any atom is 0.197 e. The number of carbonyl (C=O) groups excluding carboxylic acids is 1. The lowest BCUT2D eigenvalue weighted by molar-refractivity contribution is 0.104. The van der Waals surface area contributed by atoms with E-state index >= 15 is 0 Å². The number of fused-ring (bicyclic) bond motifs is 1. The molecular weight excluding hydrogens is 618 g/mol. The van der Waals surface area contributed by atoms with Crippen LogP contribution in [-0.2, 0) is 0 Å². The molecule has 0 aliphatic rings. The minimum absolute atomic E-state index is 0. The molecular formula is C30H32Br2ClNO3. The Labute approximate surface area is 242 Å². The van der Waals surface area contributed by atoms with Crippen LogP contribution in [0.4, 0.5) is 0 Å². The number of furan rings is 1. The number of likely N-dealkylation sites (N-methyl/N-ethyl adjacent to an activating group) is 1. The number of hydrogen-bond donors (Lipinski definition) is 0. The van der Waals surface area contributed by atoms with Gasteiger partial charge in [0.05, 0.1) is 14.5 Å². The van der Waals surface area contributed by atoms with Gasteiger partial charge in [0.2, 0.25) is 0 Å². The van der Waals surface area contributed by atoms with Gasteiger partial charge in [0, 0.05) is 23.1 Å². The van der Waals surface area contributed by atoms with E-state index in [1.807, 2.05) is 36.4 Å². The molecule has 1 heterocycles. The highest BCUT2D eigenvalue weighted by Crippen LogP contribution is 2.40. The van der Waals surface area contributed by atoms with Crippen LogP contribution < -0.4 is 4.74 Å². The number of ketones is 1. The number of aryl methyl sites for hydroxylation is 3. The number of para-hydroxylation sites is 1. The van der Waals surface area contributed by atoms with Crippen molar-refractivity contribution in [3.8, 4) is 17.1 Å². The first-order chi connectivity index (χ1) is 17.2. The second-order valence-corrected chi connectivity index (χ2v) is 10.8. The summed E-state index contributed by atoms with van der Waals surface area (Å²) in [6.07, 6.45) is 0. The fourth-order valence-corrected chi connectivity index (χ4v) is 6.19. The fraction of sp³-hybridized carbons (Fsp3) is 0.300. The summed E-state index contributed by atoms with van der Waals surface area (Å²) in [4.78, 5) is 16.4. The average molecular weight is 650 g/mol. The van der Waals surface area contributed by atoms with Gasteiger partial charge < -0.3 is 14.1 Å². The molecule has 0 fully saturated rings. The van der Waals surface area contributed by atoms with Crippen molar-refractivity contribution in [2.75, 3.05) is 26.2 Å². The maximum absolute atomic E-state index is 14.1. The predicted molar refractivity (Wildman–Crippen MR) is 162 cm³/mol. The molecule has 0 radical (unpaired) electrons. The van der Waals surface area contributed by atoms with Crippen molar-refractivity contribution in [3.05, 3.63) is 85.3 Å². The Balaban J connectivity index is 0.00000380. The van der Waals surface area contributed by atoms with E-state index in [0.717, 1.165) is 50.7 Å². The first kappa shape index (κ1) is 29.4. The van der Waals surface area contributed by atoms with Crippen LogP contribution in [0.25, 0.3) is 22.3 Å². The molecule has 0 atom stereocenters. The summed E-state index contributed by atoms with van der Waals surface area (Å²) in [6.45, 7) is 13.9. The van der Waals surface area contributed by atoms with E-state index in [1.54, 1.807) is 0 Å². The lowest BCUT2D eigenvalue weighted by Crippen LogP contribution is -2.28. The Morgan fingerprint density at radius 1 is 0.946 bits per heavy atom. The first-order valence-corrected chi connectivity index (χ1v) is 13.8. The summed E-state index contributed by atoms with van der Waals surface area (Å²) in [7, 11) is 0. The Bertz CT molecular complexity index is 1380. The number of rotatable bonds is 9. The number of nitrogens with zero attached hydrogens (tertiary/aromatic N) is 1. The molecule has 4 nitrogen and oxygen atoms in total. The number of benzene rings is 3. The van der Waals surface area contributed by atoms with Gasteiger partial charge in [-0.3, -0.25) is 4.79 Å². The van der Waals surface area contributed by atoms with E-state index in [1.165, 1.54) is 5.56 Å². The number of hydrogen-bond acceptors (Lipinski definition) is 4. The van der Waals surface area contributed by atoms with Crippen LogP contribution in [0.5, 0.6) is 5.75 Å². The summed E-state index contributed by atoms with van der Waals surface area (Å²) in [5.74, 6) is 1.22. The summed E-state index contributed by atoms with van der Waals surface area (Å²) in [5.41, 5.74) is 6.15. The van der Waals surface area contributed by atoms with Gasteiger partial charge in [0.25, 0.3) is 0 Å². The molecule has 0 aliphatic carbocycles. The Morgan fingerprint density at radius 2 is 1.54 bits per heavy atom. The topological polar surface area (TPSA) is 42.7 Å². The maximum atomic E-state index is 14.1. The number of ether oxygens (including phenoxy) is 1. The predicted octanol–water partition coefficient (Wildman–Crippen LogP) is 8.92. The molecule has 1 aromatic heterocycles. The molecule has 0 spiro atoms. The van der Waals surface area contributed by atoms with Crippen LogP contribution in [0.3, 0.4) is 0 Å². The lowest BCUT2D eigenvalue weighted by atomic mass is 9.92. The average Bonchev–Trinajstić information content (AvgIpc) is 3.21. The molecule has 4 rings (SSSR count). The Morgan fingerprint density at radius 3 is 2.14 bits per heavy atom. The second-order valence-electron chi connectivity index (χ2n) is 9.05. The van der Waals surface area contributed by atoms with Crippen LogP contribution in [0, 0.1) is 20.8 Å². The second kappa shape index (κ2) is 12.6. The van der Waals surface area contributed by atoms with Crippen LogP contribution >= 0.6 is 44.3 Å². The van der Waals surface area contributed by atoms with E-state index in [0.29, 0.717) is 34.8 Å². The molecule has 0 aliphatic heterocycles. The van der Waals surface area contributed by atoms with Crippen molar-refractivity contribution < 1.29 is 13.9 Å². The van der Waals surface area contributed by atoms with E-state index in [4.69, 9.17) is 9.15 Å². The van der Waals surface area contributed by atoms with Gasteiger partial charge >= 0.3 is 0 Å². The Hall–Kier alpha value is -2.12. The van der Waals surface area contributed by atoms with Crippen molar-refractivity contribution in [2.24, 2.45) is 0 Å². The van der Waals surface area contributed by atoms with Gasteiger partial charge in [0.15, 0.2) is 5.78 Å². The molecule has 0 bridgehead atoms. The largest absolute Gasteiger partial charge is 0.490 e. The number of halogens is 3. The van der Waals surface area contributed by atoms with Crippen LogP contribution in [0.1, 0.15) is 46.5 Å². The molecule has 0 N–H and O–H groups in total. The quantitative estimate of drug-likeness (QED) is 0.170. The van der Waals surface area contributed by atoms with Gasteiger partial charge in [-0.15, -0.1) is 12.4 Å². The van der Waals surface area contributed by atoms with E-state index < -0.39 is 0 Å². The van der Waals surface area contributed by atoms with Gasteiger partial charge in [-0.2, -0.15) is 0 Å². The monoisotopic (exact) mass is 647 g/mol. The zero-order chi connectivity index (χ0) is 26.0. The van der Waals surface area contributed by atoms with Gasteiger partial charge in [-0.05, 0) is 95.0 Å². The molecule has 0 amide bonds. The molecule has 7 heteroatoms. The van der Waals surface area contributed by atoms with Crippen molar-refractivity contribution >= 4 is 61.0 Å². The smallest absolute Gasteiger partial charge is 0.197 e. The van der Waals surface area contributed by atoms with Crippen molar-refractivity contribution in [3.63, 3.8) is 0 Å². The lowest BCUT2D eigenvalue weighted by Gasteiger charge is -2.19. The van der Waals surface area contributed by atoms with Crippen LogP contribution in [0.15, 0.2) is 61.9 Å². The molecule has 4 aromatic rings. The SMILES string of the molecule is CCN(CC)CCOc1c(Br)cc(C(=O)c2c(-c3c(C)cc(C)cc3C)oc3ccccc23)cc1Br.Cl. The molecule has 0 unspecified atom stereocenters. The normalized spacial score (nSPS) is 11.1. The molecule has 0 saturated carbocycles. The molecule has 196 valence electrons. The number of carbonyl (C=O) groups is 1. The van der Waals surface area contributed by atoms with E-state index in [-0.39, 0.29) is 18.2 Å². The molecule has 37 heavy (non-hydrogen) atoms. The molecule has 0 saturated heterocycles. The van der Waals surface area contributed by atoms with Gasteiger partial charge in [0.1, 0.15) is 23.7 Å². The van der Waals surface area contributed by atoms with Crippen molar-refractivity contribution in [1.82, 2.24) is 4.90 Å². The highest BCUT2D eigenvalue weighted by molar-refractivity contribution is 9.11. The summed E-state index contributed by atoms with van der Waals surface area (Å²) < 4.78 is 13.9. The highest BCUT2D eigenvalue weighted by atomic mass is 79.9. The third-order valence-electron chi connectivity index (χ3n) is 6.54. The van der Waals surface area contributed by atoms with E-state index in [2.05, 4.69) is 83.5 Å². The van der Waals surface area contributed by atoms with Crippen LogP contribution in [0.2, 0.25) is 0 Å². The van der Waals surface area contributed by atoms with Crippen molar-refractivity contribution in [2.45, 2.75) is 34.6 Å². The summed E-state index contributed by atoms with van der Waals surface area (Å²) in [5, 5.41) is 0.809. The molecule has 3 aromatic carbocycles. The van der Waals surface area contributed by atoms with Crippen LogP contribution in [-0.4, -0.2) is 36.9 Å².